The van der Waals surface area contributed by atoms with E-state index < -0.39 is 17.8 Å². The highest BCUT2D eigenvalue weighted by Crippen LogP contribution is 2.26. The van der Waals surface area contributed by atoms with E-state index in [-0.39, 0.29) is 11.1 Å². The van der Waals surface area contributed by atoms with Crippen LogP contribution in [-0.2, 0) is 0 Å². The molecule has 0 amide bonds. The molecule has 4 nitrogen and oxygen atoms in total. The summed E-state index contributed by atoms with van der Waals surface area (Å²) in [6.07, 6.45) is 0. The standard InChI is InChI=1S/C16H13FO4/c1-9-7-12(15(18)19)8-10(2)14(9)21-16(20)11-3-5-13(17)6-4-11/h3-8H,1-2H3,(H,18,19). The van der Waals surface area contributed by atoms with Gasteiger partial charge in [-0.2, -0.15) is 0 Å². The van der Waals surface area contributed by atoms with Gasteiger partial charge in [0.25, 0.3) is 0 Å². The Kier molecular flexibility index (Phi) is 4.03. The molecule has 0 bridgehead atoms. The number of hydrogen-bond donors (Lipinski definition) is 1. The molecule has 0 atom stereocenters. The molecule has 1 N–H and O–H groups in total. The summed E-state index contributed by atoms with van der Waals surface area (Å²) in [4.78, 5) is 22.9. The molecule has 0 saturated heterocycles. The van der Waals surface area contributed by atoms with Gasteiger partial charge in [-0.1, -0.05) is 0 Å². The van der Waals surface area contributed by atoms with Gasteiger partial charge in [0, 0.05) is 0 Å². The largest absolute Gasteiger partial charge is 0.478 e. The monoisotopic (exact) mass is 288 g/mol. The summed E-state index contributed by atoms with van der Waals surface area (Å²) in [5.41, 5.74) is 1.44. The molecule has 0 saturated carbocycles. The van der Waals surface area contributed by atoms with Crippen molar-refractivity contribution in [2.75, 3.05) is 0 Å². The number of ether oxygens (including phenoxy) is 1. The topological polar surface area (TPSA) is 63.6 Å². The minimum atomic E-state index is -1.04. The van der Waals surface area contributed by atoms with Gasteiger partial charge in [-0.15, -0.1) is 0 Å². The fourth-order valence-electron chi connectivity index (χ4n) is 1.97. The molecule has 0 aliphatic carbocycles. The summed E-state index contributed by atoms with van der Waals surface area (Å²) >= 11 is 0. The number of carboxylic acids is 1. The number of carboxylic acid groups (broad SMARTS) is 1. The van der Waals surface area contributed by atoms with E-state index in [0.29, 0.717) is 16.9 Å². The van der Waals surface area contributed by atoms with E-state index in [1.54, 1.807) is 13.8 Å². The number of halogens is 1. The molecule has 0 radical (unpaired) electrons. The molecule has 21 heavy (non-hydrogen) atoms. The minimum absolute atomic E-state index is 0.131. The van der Waals surface area contributed by atoms with Crippen molar-refractivity contribution in [2.45, 2.75) is 13.8 Å². The summed E-state index contributed by atoms with van der Waals surface area (Å²) in [6, 6.07) is 7.86. The first-order valence-corrected chi connectivity index (χ1v) is 6.21. The molecule has 0 aromatic heterocycles. The molecule has 5 heteroatoms. The van der Waals surface area contributed by atoms with Crippen molar-refractivity contribution in [1.29, 1.82) is 0 Å². The number of benzene rings is 2. The molecule has 2 aromatic carbocycles. The zero-order valence-electron chi connectivity index (χ0n) is 11.5. The average Bonchev–Trinajstić information content (AvgIpc) is 2.43. The number of aromatic carboxylic acids is 1. The van der Waals surface area contributed by atoms with E-state index >= 15 is 0 Å². The average molecular weight is 288 g/mol. The van der Waals surface area contributed by atoms with Crippen LogP contribution in [0, 0.1) is 19.7 Å². The Morgan fingerprint density at radius 2 is 1.52 bits per heavy atom. The summed E-state index contributed by atoms with van der Waals surface area (Å²) in [5.74, 6) is -1.79. The van der Waals surface area contributed by atoms with E-state index in [1.165, 1.54) is 36.4 Å². The third-order valence-electron chi connectivity index (χ3n) is 2.98. The highest BCUT2D eigenvalue weighted by molar-refractivity contribution is 5.92. The molecule has 2 aromatic rings. The number of carbonyl (C=O) groups excluding carboxylic acids is 1. The van der Waals surface area contributed by atoms with Crippen LogP contribution in [0.2, 0.25) is 0 Å². The lowest BCUT2D eigenvalue weighted by Crippen LogP contribution is -2.11. The highest BCUT2D eigenvalue weighted by Gasteiger charge is 2.15. The van der Waals surface area contributed by atoms with Gasteiger partial charge in [0.05, 0.1) is 11.1 Å². The fraction of sp³-hybridized carbons (Fsp3) is 0.125. The number of hydrogen-bond acceptors (Lipinski definition) is 3. The molecule has 0 spiro atoms. The molecule has 0 aliphatic heterocycles. The zero-order chi connectivity index (χ0) is 15.6. The van der Waals surface area contributed by atoms with Crippen LogP contribution in [0.15, 0.2) is 36.4 Å². The summed E-state index contributed by atoms with van der Waals surface area (Å²) < 4.78 is 18.1. The predicted molar refractivity (Wildman–Crippen MR) is 74.2 cm³/mol. The zero-order valence-corrected chi connectivity index (χ0v) is 11.5. The quantitative estimate of drug-likeness (QED) is 0.695. The number of esters is 1. The number of aryl methyl sites for hydroxylation is 2. The van der Waals surface area contributed by atoms with Crippen molar-refractivity contribution in [3.05, 3.63) is 64.5 Å². The molecule has 2 rings (SSSR count). The summed E-state index contributed by atoms with van der Waals surface area (Å²) in [6.45, 7) is 3.32. The van der Waals surface area contributed by atoms with E-state index in [2.05, 4.69) is 0 Å². The van der Waals surface area contributed by atoms with Gasteiger partial charge in [-0.05, 0) is 61.4 Å². The Morgan fingerprint density at radius 3 is 2.00 bits per heavy atom. The van der Waals surface area contributed by atoms with Crippen molar-refractivity contribution in [2.24, 2.45) is 0 Å². The van der Waals surface area contributed by atoms with Crippen LogP contribution in [0.5, 0.6) is 5.75 Å². The highest BCUT2D eigenvalue weighted by atomic mass is 19.1. The van der Waals surface area contributed by atoms with Gasteiger partial charge in [0.2, 0.25) is 0 Å². The van der Waals surface area contributed by atoms with Gasteiger partial charge in [0.1, 0.15) is 11.6 Å². The lowest BCUT2D eigenvalue weighted by Gasteiger charge is -2.11. The van der Waals surface area contributed by atoms with Crippen molar-refractivity contribution >= 4 is 11.9 Å². The Hall–Kier alpha value is -2.69. The predicted octanol–water partition coefficient (Wildman–Crippen LogP) is 3.36. The van der Waals surface area contributed by atoms with Crippen molar-refractivity contribution in [3.8, 4) is 5.75 Å². The molecule has 0 heterocycles. The first kappa shape index (κ1) is 14.7. The van der Waals surface area contributed by atoms with Crippen molar-refractivity contribution < 1.29 is 23.8 Å². The van der Waals surface area contributed by atoms with Crippen molar-refractivity contribution in [3.63, 3.8) is 0 Å². The van der Waals surface area contributed by atoms with Crippen LogP contribution in [0.4, 0.5) is 4.39 Å². The van der Waals surface area contributed by atoms with Crippen LogP contribution in [0.25, 0.3) is 0 Å². The van der Waals surface area contributed by atoms with Crippen molar-refractivity contribution in [1.82, 2.24) is 0 Å². The first-order valence-electron chi connectivity index (χ1n) is 6.21. The summed E-state index contributed by atoms with van der Waals surface area (Å²) in [5, 5.41) is 8.97. The van der Waals surface area contributed by atoms with Crippen LogP contribution in [-0.4, -0.2) is 17.0 Å². The summed E-state index contributed by atoms with van der Waals surface area (Å²) in [7, 11) is 0. The molecule has 0 unspecified atom stereocenters. The Bertz CT molecular complexity index is 682. The van der Waals surface area contributed by atoms with Gasteiger partial charge in [-0.25, -0.2) is 14.0 Å². The molecule has 108 valence electrons. The SMILES string of the molecule is Cc1cc(C(=O)O)cc(C)c1OC(=O)c1ccc(F)cc1. The van der Waals surface area contributed by atoms with Crippen LogP contribution < -0.4 is 4.74 Å². The molecule has 0 aliphatic rings. The lowest BCUT2D eigenvalue weighted by molar-refractivity contribution is 0.0696. The van der Waals surface area contributed by atoms with Crippen LogP contribution in [0.1, 0.15) is 31.8 Å². The van der Waals surface area contributed by atoms with Crippen LogP contribution >= 0.6 is 0 Å². The van der Waals surface area contributed by atoms with Gasteiger partial charge < -0.3 is 9.84 Å². The second-order valence-corrected chi connectivity index (χ2v) is 4.64. The maximum absolute atomic E-state index is 12.8. The maximum atomic E-state index is 12.8. The van der Waals surface area contributed by atoms with E-state index in [0.717, 1.165) is 0 Å². The Balaban J connectivity index is 2.29. The van der Waals surface area contributed by atoms with Gasteiger partial charge in [0.15, 0.2) is 0 Å². The first-order chi connectivity index (χ1) is 9.88. The minimum Gasteiger partial charge on any atom is -0.478 e. The second kappa shape index (κ2) is 5.75. The Labute approximate surface area is 120 Å². The smallest absolute Gasteiger partial charge is 0.343 e. The number of carbonyl (C=O) groups is 2. The normalized spacial score (nSPS) is 10.2. The molecular weight excluding hydrogens is 275 g/mol. The van der Waals surface area contributed by atoms with Crippen LogP contribution in [0.3, 0.4) is 0 Å². The van der Waals surface area contributed by atoms with E-state index in [1.807, 2.05) is 0 Å². The van der Waals surface area contributed by atoms with Gasteiger partial charge >= 0.3 is 11.9 Å². The Morgan fingerprint density at radius 1 is 1.00 bits per heavy atom. The molecule has 0 fully saturated rings. The van der Waals surface area contributed by atoms with E-state index in [9.17, 15) is 14.0 Å². The third-order valence-corrected chi connectivity index (χ3v) is 2.98. The van der Waals surface area contributed by atoms with Gasteiger partial charge in [-0.3, -0.25) is 0 Å². The molecular formula is C16H13FO4. The van der Waals surface area contributed by atoms with E-state index in [4.69, 9.17) is 9.84 Å². The fourth-order valence-corrected chi connectivity index (χ4v) is 1.97. The second-order valence-electron chi connectivity index (χ2n) is 4.64. The maximum Gasteiger partial charge on any atom is 0.343 e. The lowest BCUT2D eigenvalue weighted by atomic mass is 10.1. The number of rotatable bonds is 3. The third kappa shape index (κ3) is 3.25.